The van der Waals surface area contributed by atoms with Gasteiger partial charge in [-0.1, -0.05) is 38.0 Å². The Kier molecular flexibility index (Phi) is 6.41. The normalized spacial score (nSPS) is 10.7. The SMILES string of the molecule is CCCCCOc1cccc(/C=C/C(=O)Cl)c1. The van der Waals surface area contributed by atoms with E-state index in [9.17, 15) is 4.79 Å². The van der Waals surface area contributed by atoms with Crippen molar-refractivity contribution in [3.63, 3.8) is 0 Å². The van der Waals surface area contributed by atoms with E-state index >= 15 is 0 Å². The molecule has 0 aromatic heterocycles. The van der Waals surface area contributed by atoms with Crippen LogP contribution in [0.5, 0.6) is 5.75 Å². The summed E-state index contributed by atoms with van der Waals surface area (Å²) in [5.41, 5.74) is 0.909. The van der Waals surface area contributed by atoms with Crippen LogP contribution in [0.15, 0.2) is 30.3 Å². The largest absolute Gasteiger partial charge is 0.494 e. The maximum Gasteiger partial charge on any atom is 0.245 e. The second-order valence-corrected chi connectivity index (χ2v) is 4.14. The monoisotopic (exact) mass is 252 g/mol. The zero-order chi connectivity index (χ0) is 12.5. The first-order chi connectivity index (χ1) is 8.22. The summed E-state index contributed by atoms with van der Waals surface area (Å²) in [6.45, 7) is 2.89. The summed E-state index contributed by atoms with van der Waals surface area (Å²) in [5, 5.41) is -0.473. The number of hydrogen-bond donors (Lipinski definition) is 0. The van der Waals surface area contributed by atoms with Gasteiger partial charge in [-0.3, -0.25) is 4.79 Å². The van der Waals surface area contributed by atoms with Crippen molar-refractivity contribution in [3.05, 3.63) is 35.9 Å². The van der Waals surface area contributed by atoms with E-state index in [1.807, 2.05) is 24.3 Å². The van der Waals surface area contributed by atoms with Gasteiger partial charge in [-0.2, -0.15) is 0 Å². The number of halogens is 1. The molecule has 1 aromatic carbocycles. The number of carbonyl (C=O) groups is 1. The lowest BCUT2D eigenvalue weighted by Gasteiger charge is -2.06. The zero-order valence-electron chi connectivity index (χ0n) is 9.99. The van der Waals surface area contributed by atoms with Gasteiger partial charge in [0.25, 0.3) is 0 Å². The number of unbranched alkanes of at least 4 members (excludes halogenated alkanes) is 2. The van der Waals surface area contributed by atoms with Crippen LogP contribution in [0, 0.1) is 0 Å². The molecule has 0 bridgehead atoms. The predicted octanol–water partition coefficient (Wildman–Crippen LogP) is 4.03. The molecule has 0 saturated carbocycles. The fourth-order valence-corrected chi connectivity index (χ4v) is 1.47. The lowest BCUT2D eigenvalue weighted by Crippen LogP contribution is -1.96. The molecule has 0 atom stereocenters. The Balaban J connectivity index is 2.50. The molecule has 1 aromatic rings. The molecule has 0 radical (unpaired) electrons. The fourth-order valence-electron chi connectivity index (χ4n) is 1.41. The molecule has 3 heteroatoms. The van der Waals surface area contributed by atoms with Crippen molar-refractivity contribution in [2.24, 2.45) is 0 Å². The van der Waals surface area contributed by atoms with Crippen LogP contribution < -0.4 is 4.74 Å². The first-order valence-electron chi connectivity index (χ1n) is 5.83. The summed E-state index contributed by atoms with van der Waals surface area (Å²) >= 11 is 5.23. The number of carbonyl (C=O) groups excluding carboxylic acids is 1. The molecule has 0 heterocycles. The Morgan fingerprint density at radius 3 is 2.94 bits per heavy atom. The van der Waals surface area contributed by atoms with E-state index in [0.29, 0.717) is 0 Å². The van der Waals surface area contributed by atoms with Gasteiger partial charge in [-0.25, -0.2) is 0 Å². The third-order valence-electron chi connectivity index (χ3n) is 2.28. The van der Waals surface area contributed by atoms with Crippen LogP contribution in [0.3, 0.4) is 0 Å². The van der Waals surface area contributed by atoms with E-state index in [2.05, 4.69) is 6.92 Å². The van der Waals surface area contributed by atoms with Gasteiger partial charge >= 0.3 is 0 Å². The molecule has 0 aliphatic heterocycles. The summed E-state index contributed by atoms with van der Waals surface area (Å²) < 4.78 is 5.60. The standard InChI is InChI=1S/C14H17ClO2/c1-2-3-4-10-17-13-7-5-6-12(11-13)8-9-14(15)16/h5-9,11H,2-4,10H2,1H3/b9-8+. The Morgan fingerprint density at radius 1 is 1.41 bits per heavy atom. The summed E-state index contributed by atoms with van der Waals surface area (Å²) in [6, 6.07) is 7.59. The zero-order valence-corrected chi connectivity index (χ0v) is 10.7. The lowest BCUT2D eigenvalue weighted by molar-refractivity contribution is -0.107. The highest BCUT2D eigenvalue weighted by molar-refractivity contribution is 6.66. The quantitative estimate of drug-likeness (QED) is 0.416. The summed E-state index contributed by atoms with van der Waals surface area (Å²) in [7, 11) is 0. The topological polar surface area (TPSA) is 26.3 Å². The van der Waals surface area contributed by atoms with Crippen LogP contribution in [0.2, 0.25) is 0 Å². The van der Waals surface area contributed by atoms with Crippen molar-refractivity contribution >= 4 is 22.9 Å². The van der Waals surface area contributed by atoms with Gasteiger partial charge < -0.3 is 4.74 Å². The smallest absolute Gasteiger partial charge is 0.245 e. The second-order valence-electron chi connectivity index (χ2n) is 3.77. The predicted molar refractivity (Wildman–Crippen MR) is 71.4 cm³/mol. The van der Waals surface area contributed by atoms with Crippen molar-refractivity contribution in [2.75, 3.05) is 6.61 Å². The molecule has 0 aliphatic carbocycles. The third kappa shape index (κ3) is 6.12. The van der Waals surface area contributed by atoms with Crippen molar-refractivity contribution in [2.45, 2.75) is 26.2 Å². The molecular formula is C14H17ClO2. The molecule has 1 rings (SSSR count). The van der Waals surface area contributed by atoms with Crippen molar-refractivity contribution in [3.8, 4) is 5.75 Å². The maximum atomic E-state index is 10.6. The number of benzene rings is 1. The summed E-state index contributed by atoms with van der Waals surface area (Å²) in [4.78, 5) is 10.6. The van der Waals surface area contributed by atoms with Crippen LogP contribution in [-0.4, -0.2) is 11.8 Å². The molecule has 92 valence electrons. The maximum absolute atomic E-state index is 10.6. The highest BCUT2D eigenvalue weighted by Crippen LogP contribution is 2.15. The van der Waals surface area contributed by atoms with Gasteiger partial charge in [0.05, 0.1) is 6.61 Å². The van der Waals surface area contributed by atoms with Gasteiger partial charge in [0.2, 0.25) is 5.24 Å². The van der Waals surface area contributed by atoms with Crippen LogP contribution in [0.25, 0.3) is 6.08 Å². The van der Waals surface area contributed by atoms with Gasteiger partial charge in [-0.15, -0.1) is 0 Å². The molecule has 17 heavy (non-hydrogen) atoms. The highest BCUT2D eigenvalue weighted by Gasteiger charge is 1.95. The number of rotatable bonds is 7. The minimum atomic E-state index is -0.473. The van der Waals surface area contributed by atoms with E-state index in [4.69, 9.17) is 16.3 Å². The third-order valence-corrected chi connectivity index (χ3v) is 2.41. The lowest BCUT2D eigenvalue weighted by atomic mass is 10.2. The van der Waals surface area contributed by atoms with E-state index in [1.54, 1.807) is 6.08 Å². The van der Waals surface area contributed by atoms with Crippen molar-refractivity contribution in [1.82, 2.24) is 0 Å². The molecule has 0 saturated heterocycles. The number of allylic oxidation sites excluding steroid dienone is 1. The Morgan fingerprint density at radius 2 is 2.24 bits per heavy atom. The molecular weight excluding hydrogens is 236 g/mol. The minimum Gasteiger partial charge on any atom is -0.494 e. The first-order valence-corrected chi connectivity index (χ1v) is 6.20. The second kappa shape index (κ2) is 7.91. The molecule has 0 unspecified atom stereocenters. The molecule has 0 spiro atoms. The number of ether oxygens (including phenoxy) is 1. The molecule has 0 N–H and O–H groups in total. The van der Waals surface area contributed by atoms with Gasteiger partial charge in [-0.05, 0) is 41.8 Å². The Hall–Kier alpha value is -1.28. The summed E-state index contributed by atoms with van der Waals surface area (Å²) in [6.07, 6.45) is 6.44. The van der Waals surface area contributed by atoms with Gasteiger partial charge in [0.15, 0.2) is 0 Å². The van der Waals surface area contributed by atoms with Crippen LogP contribution in [0.4, 0.5) is 0 Å². The molecule has 0 amide bonds. The molecule has 2 nitrogen and oxygen atoms in total. The Labute approximate surface area is 107 Å². The fraction of sp³-hybridized carbons (Fsp3) is 0.357. The average molecular weight is 253 g/mol. The van der Waals surface area contributed by atoms with Crippen molar-refractivity contribution < 1.29 is 9.53 Å². The minimum absolute atomic E-state index is 0.473. The van der Waals surface area contributed by atoms with Crippen LogP contribution >= 0.6 is 11.6 Å². The number of hydrogen-bond acceptors (Lipinski definition) is 2. The van der Waals surface area contributed by atoms with Crippen LogP contribution in [-0.2, 0) is 4.79 Å². The van der Waals surface area contributed by atoms with Gasteiger partial charge in [0, 0.05) is 0 Å². The highest BCUT2D eigenvalue weighted by atomic mass is 35.5. The van der Waals surface area contributed by atoms with E-state index in [0.717, 1.165) is 24.3 Å². The van der Waals surface area contributed by atoms with E-state index in [1.165, 1.54) is 18.9 Å². The first kappa shape index (κ1) is 13.8. The summed E-state index contributed by atoms with van der Waals surface area (Å²) in [5.74, 6) is 0.824. The van der Waals surface area contributed by atoms with Crippen molar-refractivity contribution in [1.29, 1.82) is 0 Å². The average Bonchev–Trinajstić information content (AvgIpc) is 2.33. The van der Waals surface area contributed by atoms with E-state index in [-0.39, 0.29) is 0 Å². The van der Waals surface area contributed by atoms with Gasteiger partial charge in [0.1, 0.15) is 5.75 Å². The molecule has 0 fully saturated rings. The Bertz CT molecular complexity index is 386. The van der Waals surface area contributed by atoms with Crippen LogP contribution in [0.1, 0.15) is 31.7 Å². The van der Waals surface area contributed by atoms with E-state index < -0.39 is 5.24 Å². The molecule has 0 aliphatic rings.